The summed E-state index contributed by atoms with van der Waals surface area (Å²) in [6.07, 6.45) is 5.38. The quantitative estimate of drug-likeness (QED) is 0.103. The van der Waals surface area contributed by atoms with Gasteiger partial charge in [-0.15, -0.1) is 0 Å². The zero-order valence-corrected chi connectivity index (χ0v) is 25.1. The first-order chi connectivity index (χ1) is 20.6. The fourth-order valence-electron chi connectivity index (χ4n) is 5.13. The van der Waals surface area contributed by atoms with E-state index in [2.05, 4.69) is 35.6 Å². The number of benzene rings is 3. The molecule has 0 bridgehead atoms. The summed E-state index contributed by atoms with van der Waals surface area (Å²) in [5, 5.41) is 33.7. The maximum absolute atomic E-state index is 13.1. The van der Waals surface area contributed by atoms with E-state index in [1.165, 1.54) is 16.3 Å². The Morgan fingerprint density at radius 1 is 0.744 bits per heavy atom. The normalized spacial score (nSPS) is 12.6. The van der Waals surface area contributed by atoms with Gasteiger partial charge in [-0.05, 0) is 85.4 Å². The number of nitrogens with one attached hydrogen (secondary N) is 1. The minimum atomic E-state index is -2.23. The average molecular weight is 594 g/mol. The Bertz CT molecular complexity index is 1360. The largest absolute Gasteiger partial charge is 0.507 e. The van der Waals surface area contributed by atoms with E-state index in [1.54, 1.807) is 0 Å². The molecule has 0 aliphatic heterocycles. The molecule has 9 nitrogen and oxygen atoms in total. The van der Waals surface area contributed by atoms with E-state index < -0.39 is 36.7 Å². The van der Waals surface area contributed by atoms with E-state index in [9.17, 15) is 24.6 Å². The van der Waals surface area contributed by atoms with Crippen molar-refractivity contribution in [2.24, 2.45) is 0 Å². The number of aryl methyl sites for hydroxylation is 4. The molecular weight excluding hydrogens is 550 g/mol. The van der Waals surface area contributed by atoms with Crippen molar-refractivity contribution in [2.45, 2.75) is 77.4 Å². The number of ether oxygens (including phenoxy) is 2. The molecular formula is C34H43NO8. The van der Waals surface area contributed by atoms with Gasteiger partial charge in [-0.3, -0.25) is 9.59 Å². The molecule has 0 heterocycles. The Hall–Kier alpha value is -3.95. The summed E-state index contributed by atoms with van der Waals surface area (Å²) >= 11 is 0. The first-order valence-corrected chi connectivity index (χ1v) is 14.9. The van der Waals surface area contributed by atoms with Crippen LogP contribution >= 0.6 is 0 Å². The fraction of sp³-hybridized carbons (Fsp3) is 0.441. The minimum Gasteiger partial charge on any atom is -0.507 e. The smallest absolute Gasteiger partial charge is 0.329 e. The predicted octanol–water partition coefficient (Wildman–Crippen LogP) is 5.69. The van der Waals surface area contributed by atoms with Crippen LogP contribution in [0.1, 0.15) is 67.2 Å². The second-order valence-corrected chi connectivity index (χ2v) is 11.0. The van der Waals surface area contributed by atoms with Crippen LogP contribution in [0.3, 0.4) is 0 Å². The van der Waals surface area contributed by atoms with Crippen molar-refractivity contribution in [3.05, 3.63) is 76.9 Å². The molecule has 9 heteroatoms. The van der Waals surface area contributed by atoms with Crippen LogP contribution in [0.15, 0.2) is 54.6 Å². The molecule has 0 aliphatic carbocycles. The summed E-state index contributed by atoms with van der Waals surface area (Å²) in [4.78, 5) is 36.0. The molecule has 3 aromatic rings. The lowest BCUT2D eigenvalue weighted by atomic mass is 10.0. The maximum atomic E-state index is 13.1. The molecule has 0 saturated carbocycles. The second kappa shape index (κ2) is 16.6. The number of fused-ring (bicyclic) bond motifs is 1. The van der Waals surface area contributed by atoms with Crippen molar-refractivity contribution in [1.82, 2.24) is 5.32 Å². The average Bonchev–Trinajstić information content (AvgIpc) is 2.97. The summed E-state index contributed by atoms with van der Waals surface area (Å²) in [6.45, 7) is 3.17. The van der Waals surface area contributed by atoms with Crippen LogP contribution < -0.4 is 5.32 Å². The van der Waals surface area contributed by atoms with Crippen molar-refractivity contribution >= 4 is 28.6 Å². The lowest BCUT2D eigenvalue weighted by Gasteiger charge is -2.30. The third-order valence-electron chi connectivity index (χ3n) is 7.40. The van der Waals surface area contributed by atoms with Crippen LogP contribution in [0.5, 0.6) is 5.75 Å². The van der Waals surface area contributed by atoms with E-state index in [0.717, 1.165) is 55.2 Å². The highest BCUT2D eigenvalue weighted by molar-refractivity contribution is 5.88. The van der Waals surface area contributed by atoms with Crippen LogP contribution in [-0.4, -0.2) is 58.7 Å². The molecule has 3 rings (SSSR count). The molecule has 1 atom stereocenters. The molecule has 232 valence electrons. The van der Waals surface area contributed by atoms with Gasteiger partial charge >= 0.3 is 11.9 Å². The van der Waals surface area contributed by atoms with E-state index in [-0.39, 0.29) is 13.2 Å². The highest BCUT2D eigenvalue weighted by atomic mass is 16.7. The van der Waals surface area contributed by atoms with Crippen LogP contribution in [0.25, 0.3) is 10.8 Å². The maximum Gasteiger partial charge on any atom is 0.329 e. The summed E-state index contributed by atoms with van der Waals surface area (Å²) < 4.78 is 11.0. The summed E-state index contributed by atoms with van der Waals surface area (Å²) in [7, 11) is 0. The van der Waals surface area contributed by atoms with Gasteiger partial charge in [0.1, 0.15) is 18.8 Å². The number of rotatable bonds is 19. The van der Waals surface area contributed by atoms with Crippen molar-refractivity contribution in [2.75, 3.05) is 19.8 Å². The van der Waals surface area contributed by atoms with Gasteiger partial charge in [0, 0.05) is 6.54 Å². The van der Waals surface area contributed by atoms with Gasteiger partial charge in [-0.1, -0.05) is 67.4 Å². The van der Waals surface area contributed by atoms with Crippen LogP contribution in [0.2, 0.25) is 0 Å². The standard InChI is InChI=1S/C34H43NO8/c1-24-19-27(20-25(2)32(24)40)12-5-3-9-17-35-33(41)34(22-30(36)37,43-23-31(38)39)42-18-10-4-6-11-26-15-16-28-13-7-8-14-29(28)21-26/h7-8,13-16,19-21,40H,3-6,9-12,17-18,22-23H2,1-2H3,(H,35,41)(H,36,37)(H,38,39). The van der Waals surface area contributed by atoms with Gasteiger partial charge in [-0.25, -0.2) is 4.79 Å². The number of hydrogen-bond donors (Lipinski definition) is 4. The van der Waals surface area contributed by atoms with E-state index in [4.69, 9.17) is 14.6 Å². The highest BCUT2D eigenvalue weighted by Crippen LogP contribution is 2.24. The zero-order valence-electron chi connectivity index (χ0n) is 25.1. The number of phenolic OH excluding ortho intramolecular Hbond substituents is 1. The number of carbonyl (C=O) groups is 3. The lowest BCUT2D eigenvalue weighted by Crippen LogP contribution is -2.53. The van der Waals surface area contributed by atoms with Gasteiger partial charge in [0.25, 0.3) is 11.7 Å². The molecule has 4 N–H and O–H groups in total. The van der Waals surface area contributed by atoms with Crippen molar-refractivity contribution < 1.29 is 39.2 Å². The lowest BCUT2D eigenvalue weighted by molar-refractivity contribution is -0.237. The molecule has 0 aliphatic rings. The topological polar surface area (TPSA) is 142 Å². The molecule has 3 aromatic carbocycles. The number of aromatic hydroxyl groups is 1. The first-order valence-electron chi connectivity index (χ1n) is 14.9. The molecule has 0 radical (unpaired) electrons. The second-order valence-electron chi connectivity index (χ2n) is 11.0. The number of amides is 1. The van der Waals surface area contributed by atoms with Gasteiger partial charge < -0.3 is 30.1 Å². The SMILES string of the molecule is Cc1cc(CCCCCNC(=O)C(CC(=O)O)(OCCCCCc2ccc3ccccc3c2)OCC(=O)O)cc(C)c1O. The summed E-state index contributed by atoms with van der Waals surface area (Å²) in [5.74, 6) is -5.39. The van der Waals surface area contributed by atoms with Crippen LogP contribution in [-0.2, 0) is 36.7 Å². The van der Waals surface area contributed by atoms with Gasteiger partial charge in [-0.2, -0.15) is 0 Å². The molecule has 43 heavy (non-hydrogen) atoms. The third kappa shape index (κ3) is 10.7. The Kier molecular flexibility index (Phi) is 13.0. The highest BCUT2D eigenvalue weighted by Gasteiger charge is 2.44. The Morgan fingerprint density at radius 2 is 1.40 bits per heavy atom. The molecule has 0 aromatic heterocycles. The minimum absolute atomic E-state index is 0.0451. The van der Waals surface area contributed by atoms with Crippen molar-refractivity contribution in [3.8, 4) is 5.75 Å². The third-order valence-corrected chi connectivity index (χ3v) is 7.40. The zero-order chi connectivity index (χ0) is 31.2. The van der Waals surface area contributed by atoms with Crippen LogP contribution in [0.4, 0.5) is 0 Å². The van der Waals surface area contributed by atoms with E-state index in [1.807, 2.05) is 38.1 Å². The predicted molar refractivity (Wildman–Crippen MR) is 164 cm³/mol. The molecule has 0 fully saturated rings. The first kappa shape index (κ1) is 33.6. The van der Waals surface area contributed by atoms with Gasteiger partial charge in [0.2, 0.25) is 0 Å². The molecule has 0 saturated heterocycles. The Labute approximate surface area is 252 Å². The fourth-order valence-corrected chi connectivity index (χ4v) is 5.13. The van der Waals surface area contributed by atoms with E-state index >= 15 is 0 Å². The number of carboxylic acids is 2. The monoisotopic (exact) mass is 593 g/mol. The van der Waals surface area contributed by atoms with Gasteiger partial charge in [0.15, 0.2) is 0 Å². The summed E-state index contributed by atoms with van der Waals surface area (Å²) in [5.41, 5.74) is 4.02. The Morgan fingerprint density at radius 3 is 2.07 bits per heavy atom. The number of unbranched alkanes of at least 4 members (excludes halogenated alkanes) is 4. The van der Waals surface area contributed by atoms with Crippen molar-refractivity contribution in [3.63, 3.8) is 0 Å². The number of carboxylic acid groups (broad SMARTS) is 2. The number of phenols is 1. The number of aliphatic carboxylic acids is 2. The van der Waals surface area contributed by atoms with Gasteiger partial charge in [0.05, 0.1) is 6.61 Å². The Balaban J connectivity index is 1.47. The summed E-state index contributed by atoms with van der Waals surface area (Å²) in [6, 6.07) is 18.5. The van der Waals surface area contributed by atoms with E-state index in [0.29, 0.717) is 18.6 Å². The number of carbonyl (C=O) groups excluding carboxylic acids is 1. The van der Waals surface area contributed by atoms with Crippen LogP contribution in [0, 0.1) is 13.8 Å². The molecule has 1 unspecified atom stereocenters. The van der Waals surface area contributed by atoms with Crippen molar-refractivity contribution in [1.29, 1.82) is 0 Å². The molecule has 1 amide bonds. The molecule has 0 spiro atoms. The number of hydrogen-bond acceptors (Lipinski definition) is 6.